The van der Waals surface area contributed by atoms with Gasteiger partial charge in [0.25, 0.3) is 0 Å². The Balaban J connectivity index is 1.96. The molecule has 0 radical (unpaired) electrons. The van der Waals surface area contributed by atoms with Crippen molar-refractivity contribution in [3.8, 4) is 0 Å². The van der Waals surface area contributed by atoms with Crippen molar-refractivity contribution in [2.45, 2.75) is 19.9 Å². The summed E-state index contributed by atoms with van der Waals surface area (Å²) >= 11 is 7.20. The second-order valence-corrected chi connectivity index (χ2v) is 5.84. The molecule has 1 fully saturated rings. The Morgan fingerprint density at radius 3 is 2.76 bits per heavy atom. The lowest BCUT2D eigenvalue weighted by atomic mass is 10.2. The van der Waals surface area contributed by atoms with Crippen molar-refractivity contribution >= 4 is 28.3 Å². The number of thiocarbonyl (C=S) groups is 1. The third-order valence-electron chi connectivity index (χ3n) is 2.76. The number of thioether (sulfide) groups is 1. The zero-order chi connectivity index (χ0) is 12.1. The molecule has 0 aliphatic carbocycles. The van der Waals surface area contributed by atoms with E-state index in [1.54, 1.807) is 11.8 Å². The van der Waals surface area contributed by atoms with Gasteiger partial charge in [-0.25, -0.2) is 0 Å². The van der Waals surface area contributed by atoms with Crippen LogP contribution in [0.2, 0.25) is 0 Å². The summed E-state index contributed by atoms with van der Waals surface area (Å²) in [4.78, 5) is 4.73. The van der Waals surface area contributed by atoms with Crippen molar-refractivity contribution in [1.82, 2.24) is 9.80 Å². The Bertz CT molecular complexity index is 367. The van der Waals surface area contributed by atoms with Crippen molar-refractivity contribution in [2.75, 3.05) is 19.1 Å². The van der Waals surface area contributed by atoms with E-state index in [0.717, 1.165) is 30.0 Å². The van der Waals surface area contributed by atoms with Gasteiger partial charge in [-0.1, -0.05) is 61.2 Å². The van der Waals surface area contributed by atoms with Crippen LogP contribution < -0.4 is 0 Å². The van der Waals surface area contributed by atoms with Crippen LogP contribution in [0, 0.1) is 0 Å². The van der Waals surface area contributed by atoms with Crippen LogP contribution in [0.4, 0.5) is 0 Å². The molecule has 4 heteroatoms. The average Bonchev–Trinajstić information content (AvgIpc) is 2.35. The minimum atomic E-state index is 0.923. The normalized spacial score (nSPS) is 17.5. The van der Waals surface area contributed by atoms with E-state index in [2.05, 4.69) is 47.1 Å². The van der Waals surface area contributed by atoms with Gasteiger partial charge in [0, 0.05) is 13.1 Å². The summed E-state index contributed by atoms with van der Waals surface area (Å²) in [6, 6.07) is 10.5. The quantitative estimate of drug-likeness (QED) is 0.772. The molecule has 1 aromatic rings. The average molecular weight is 266 g/mol. The molecular weight excluding hydrogens is 248 g/mol. The molecule has 0 unspecified atom stereocenters. The van der Waals surface area contributed by atoms with Gasteiger partial charge in [-0.15, -0.1) is 0 Å². The second kappa shape index (κ2) is 6.38. The van der Waals surface area contributed by atoms with Gasteiger partial charge >= 0.3 is 0 Å². The summed E-state index contributed by atoms with van der Waals surface area (Å²) in [5, 5.41) is 0. The van der Waals surface area contributed by atoms with Crippen molar-refractivity contribution in [3.05, 3.63) is 35.9 Å². The van der Waals surface area contributed by atoms with Gasteiger partial charge in [0.1, 0.15) is 4.32 Å². The van der Waals surface area contributed by atoms with Crippen LogP contribution in [0.1, 0.15) is 18.9 Å². The maximum absolute atomic E-state index is 5.43. The van der Waals surface area contributed by atoms with E-state index in [9.17, 15) is 0 Å². The van der Waals surface area contributed by atoms with Crippen LogP contribution in [0.15, 0.2) is 30.3 Å². The van der Waals surface area contributed by atoms with Gasteiger partial charge in [-0.2, -0.15) is 0 Å². The van der Waals surface area contributed by atoms with Gasteiger partial charge in [-0.05, 0) is 12.0 Å². The molecule has 0 aromatic heterocycles. The van der Waals surface area contributed by atoms with Gasteiger partial charge in [-0.3, -0.25) is 4.90 Å². The standard InChI is InChI=1S/C13H18N2S2/c1-2-8-14-10-15(13(16)17-11-14)9-12-6-4-3-5-7-12/h3-7H,2,8-11H2,1H3. The van der Waals surface area contributed by atoms with Gasteiger partial charge in [0.05, 0.1) is 12.5 Å². The van der Waals surface area contributed by atoms with Crippen molar-refractivity contribution in [2.24, 2.45) is 0 Å². The Morgan fingerprint density at radius 2 is 2.06 bits per heavy atom. The number of hydrogen-bond donors (Lipinski definition) is 0. The minimum Gasteiger partial charge on any atom is -0.340 e. The molecule has 0 saturated carbocycles. The maximum Gasteiger partial charge on any atom is 0.138 e. The van der Waals surface area contributed by atoms with E-state index in [1.807, 2.05) is 0 Å². The molecule has 2 nitrogen and oxygen atoms in total. The predicted octanol–water partition coefficient (Wildman–Crippen LogP) is 3.15. The maximum atomic E-state index is 5.43. The third kappa shape index (κ3) is 3.69. The first-order valence-electron chi connectivity index (χ1n) is 5.97. The summed E-state index contributed by atoms with van der Waals surface area (Å²) < 4.78 is 1.03. The lowest BCUT2D eigenvalue weighted by Gasteiger charge is -2.36. The molecular formula is C13H18N2S2. The molecule has 92 valence electrons. The molecule has 1 aliphatic heterocycles. The molecule has 2 rings (SSSR count). The first-order chi connectivity index (χ1) is 8.29. The molecule has 0 atom stereocenters. The Labute approximate surface area is 113 Å². The highest BCUT2D eigenvalue weighted by atomic mass is 32.2. The van der Waals surface area contributed by atoms with Gasteiger partial charge < -0.3 is 4.90 Å². The highest BCUT2D eigenvalue weighted by Crippen LogP contribution is 2.20. The van der Waals surface area contributed by atoms with Crippen molar-refractivity contribution in [1.29, 1.82) is 0 Å². The SMILES string of the molecule is CCCN1CSC(=S)N(Cc2ccccc2)C1. The fourth-order valence-corrected chi connectivity index (χ4v) is 3.04. The largest absolute Gasteiger partial charge is 0.340 e. The molecule has 0 spiro atoms. The molecule has 0 amide bonds. The topological polar surface area (TPSA) is 6.48 Å². The smallest absolute Gasteiger partial charge is 0.138 e. The van der Waals surface area contributed by atoms with E-state index < -0.39 is 0 Å². The number of nitrogens with zero attached hydrogens (tertiary/aromatic N) is 2. The van der Waals surface area contributed by atoms with Crippen molar-refractivity contribution in [3.63, 3.8) is 0 Å². The van der Waals surface area contributed by atoms with E-state index in [4.69, 9.17) is 12.2 Å². The summed E-state index contributed by atoms with van der Waals surface area (Å²) in [5.41, 5.74) is 1.33. The minimum absolute atomic E-state index is 0.923. The first kappa shape index (κ1) is 12.9. The number of benzene rings is 1. The molecule has 0 bridgehead atoms. The summed E-state index contributed by atoms with van der Waals surface area (Å²) in [7, 11) is 0. The number of hydrogen-bond acceptors (Lipinski definition) is 3. The van der Waals surface area contributed by atoms with Crippen LogP contribution in [0.5, 0.6) is 0 Å². The van der Waals surface area contributed by atoms with E-state index in [-0.39, 0.29) is 0 Å². The molecule has 1 aromatic carbocycles. The Kier molecular flexibility index (Phi) is 4.83. The van der Waals surface area contributed by atoms with Crippen LogP contribution in [0.3, 0.4) is 0 Å². The fourth-order valence-electron chi connectivity index (χ4n) is 1.95. The molecule has 17 heavy (non-hydrogen) atoms. The Morgan fingerprint density at radius 1 is 1.29 bits per heavy atom. The van der Waals surface area contributed by atoms with Crippen LogP contribution in [-0.4, -0.2) is 33.2 Å². The molecule has 0 N–H and O–H groups in total. The third-order valence-corrected chi connectivity index (χ3v) is 4.37. The monoisotopic (exact) mass is 266 g/mol. The van der Waals surface area contributed by atoms with Crippen molar-refractivity contribution < 1.29 is 0 Å². The highest BCUT2D eigenvalue weighted by Gasteiger charge is 2.20. The van der Waals surface area contributed by atoms with Crippen LogP contribution >= 0.6 is 24.0 Å². The summed E-state index contributed by atoms with van der Waals surface area (Å²) in [5.74, 6) is 1.04. The molecule has 1 aliphatic rings. The zero-order valence-electron chi connectivity index (χ0n) is 10.1. The van der Waals surface area contributed by atoms with E-state index in [0.29, 0.717) is 0 Å². The lowest BCUT2D eigenvalue weighted by Crippen LogP contribution is -2.44. The summed E-state index contributed by atoms with van der Waals surface area (Å²) in [6.45, 7) is 5.27. The van der Waals surface area contributed by atoms with Crippen LogP contribution in [-0.2, 0) is 6.54 Å². The predicted molar refractivity (Wildman–Crippen MR) is 78.9 cm³/mol. The zero-order valence-corrected chi connectivity index (χ0v) is 11.8. The lowest BCUT2D eigenvalue weighted by molar-refractivity contribution is 0.208. The van der Waals surface area contributed by atoms with Crippen LogP contribution in [0.25, 0.3) is 0 Å². The van der Waals surface area contributed by atoms with E-state index in [1.165, 1.54) is 12.0 Å². The highest BCUT2D eigenvalue weighted by molar-refractivity contribution is 8.22. The van der Waals surface area contributed by atoms with E-state index >= 15 is 0 Å². The molecule has 1 saturated heterocycles. The summed E-state index contributed by atoms with van der Waals surface area (Å²) in [6.07, 6.45) is 1.20. The van der Waals surface area contributed by atoms with Gasteiger partial charge in [0.2, 0.25) is 0 Å². The first-order valence-corrected chi connectivity index (χ1v) is 7.37. The number of rotatable bonds is 4. The Hall–Kier alpha value is -0.580. The molecule has 1 heterocycles. The second-order valence-electron chi connectivity index (χ2n) is 4.26. The fraction of sp³-hybridized carbons (Fsp3) is 0.462. The van der Waals surface area contributed by atoms with Gasteiger partial charge in [0.15, 0.2) is 0 Å².